The van der Waals surface area contributed by atoms with Crippen molar-refractivity contribution in [2.75, 3.05) is 20.7 Å². The van der Waals surface area contributed by atoms with Crippen molar-refractivity contribution in [3.8, 4) is 11.8 Å². The molecule has 0 atom stereocenters. The van der Waals surface area contributed by atoms with Gasteiger partial charge in [0.1, 0.15) is 5.75 Å². The number of nitrogens with zero attached hydrogens (tertiary/aromatic N) is 2. The number of benzene rings is 2. The van der Waals surface area contributed by atoms with Gasteiger partial charge in [-0.2, -0.15) is 5.26 Å². The third-order valence-corrected chi connectivity index (χ3v) is 3.42. The van der Waals surface area contributed by atoms with Crippen LogP contribution in [0.5, 0.6) is 5.75 Å². The predicted molar refractivity (Wildman–Crippen MR) is 95.2 cm³/mol. The number of rotatable bonds is 6. The molecule has 5 nitrogen and oxygen atoms in total. The second-order valence-corrected chi connectivity index (χ2v) is 5.54. The normalized spacial score (nSPS) is 10.3. The second-order valence-electron chi connectivity index (χ2n) is 5.54. The molecule has 0 aliphatic heterocycles. The van der Waals surface area contributed by atoms with E-state index in [1.54, 1.807) is 62.6 Å². The number of allylic oxidation sites excluding steroid dienone is 1. The highest BCUT2D eigenvalue weighted by Crippen LogP contribution is 2.15. The fourth-order valence-electron chi connectivity index (χ4n) is 1.99. The van der Waals surface area contributed by atoms with Crippen LogP contribution in [0.25, 0.3) is 6.08 Å². The summed E-state index contributed by atoms with van der Waals surface area (Å²) in [4.78, 5) is 25.3. The summed E-state index contributed by atoms with van der Waals surface area (Å²) >= 11 is 0. The van der Waals surface area contributed by atoms with Gasteiger partial charge in [-0.15, -0.1) is 0 Å². The van der Waals surface area contributed by atoms with E-state index in [4.69, 9.17) is 10.00 Å². The minimum Gasteiger partial charge on any atom is -0.484 e. The van der Waals surface area contributed by atoms with E-state index < -0.39 is 0 Å². The topological polar surface area (TPSA) is 70.4 Å². The largest absolute Gasteiger partial charge is 0.484 e. The Bertz CT molecular complexity index is 848. The van der Waals surface area contributed by atoms with Crippen molar-refractivity contribution < 1.29 is 14.3 Å². The Morgan fingerprint density at radius 2 is 1.92 bits per heavy atom. The molecule has 0 aromatic heterocycles. The maximum Gasteiger partial charge on any atom is 0.259 e. The molecule has 25 heavy (non-hydrogen) atoms. The van der Waals surface area contributed by atoms with Crippen LogP contribution < -0.4 is 4.74 Å². The minimum atomic E-state index is -0.188. The zero-order chi connectivity index (χ0) is 18.2. The lowest BCUT2D eigenvalue weighted by molar-refractivity contribution is -0.130. The maximum absolute atomic E-state index is 12.3. The summed E-state index contributed by atoms with van der Waals surface area (Å²) in [6.45, 7) is -0.0819. The van der Waals surface area contributed by atoms with Gasteiger partial charge < -0.3 is 9.64 Å². The third kappa shape index (κ3) is 5.33. The molecule has 0 aliphatic rings. The molecule has 0 aliphatic carbocycles. The first-order chi connectivity index (χ1) is 12.0. The Morgan fingerprint density at radius 3 is 2.64 bits per heavy atom. The number of ether oxygens (including phenoxy) is 1. The van der Waals surface area contributed by atoms with Gasteiger partial charge in [-0.25, -0.2) is 0 Å². The van der Waals surface area contributed by atoms with Crippen molar-refractivity contribution in [1.29, 1.82) is 5.26 Å². The van der Waals surface area contributed by atoms with Crippen molar-refractivity contribution in [3.05, 3.63) is 71.3 Å². The Balaban J connectivity index is 2.06. The van der Waals surface area contributed by atoms with E-state index >= 15 is 0 Å². The standard InChI is InChI=1S/C20H18N2O3/c1-22(2)20(24)14-25-18-8-4-7-17(12-18)19(23)10-9-15-5-3-6-16(11-15)13-21/h3-12H,14H2,1-2H3/b10-9+. The number of nitriles is 1. The molecule has 0 heterocycles. The third-order valence-electron chi connectivity index (χ3n) is 3.42. The smallest absolute Gasteiger partial charge is 0.259 e. The monoisotopic (exact) mass is 334 g/mol. The highest BCUT2D eigenvalue weighted by molar-refractivity contribution is 6.07. The molecule has 0 saturated heterocycles. The van der Waals surface area contributed by atoms with E-state index in [0.29, 0.717) is 16.9 Å². The zero-order valence-corrected chi connectivity index (χ0v) is 14.1. The summed E-state index contributed by atoms with van der Waals surface area (Å²) in [5.74, 6) is 0.113. The van der Waals surface area contributed by atoms with Gasteiger partial charge in [-0.1, -0.05) is 30.3 Å². The van der Waals surface area contributed by atoms with Crippen LogP contribution in [-0.4, -0.2) is 37.3 Å². The highest BCUT2D eigenvalue weighted by atomic mass is 16.5. The Morgan fingerprint density at radius 1 is 1.16 bits per heavy atom. The molecule has 0 bridgehead atoms. The molecule has 2 rings (SSSR count). The SMILES string of the molecule is CN(C)C(=O)COc1cccc(C(=O)/C=C/c2cccc(C#N)c2)c1. The van der Waals surface area contributed by atoms with E-state index in [1.807, 2.05) is 6.07 Å². The molecular weight excluding hydrogens is 316 g/mol. The predicted octanol–water partition coefficient (Wildman–Crippen LogP) is 2.92. The van der Waals surface area contributed by atoms with Gasteiger partial charge in [0.2, 0.25) is 0 Å². The maximum atomic E-state index is 12.3. The van der Waals surface area contributed by atoms with Gasteiger partial charge in [-0.05, 0) is 35.9 Å². The fourth-order valence-corrected chi connectivity index (χ4v) is 1.99. The molecule has 0 saturated carbocycles. The number of ketones is 1. The van der Waals surface area contributed by atoms with Gasteiger partial charge in [0, 0.05) is 19.7 Å². The van der Waals surface area contributed by atoms with Crippen LogP contribution in [0.4, 0.5) is 0 Å². The van der Waals surface area contributed by atoms with Crippen LogP contribution >= 0.6 is 0 Å². The van der Waals surface area contributed by atoms with Crippen LogP contribution in [0.1, 0.15) is 21.5 Å². The summed E-state index contributed by atoms with van der Waals surface area (Å²) in [6, 6.07) is 15.7. The Kier molecular flexibility index (Phi) is 6.08. The molecule has 0 N–H and O–H groups in total. The lowest BCUT2D eigenvalue weighted by Crippen LogP contribution is -2.27. The number of hydrogen-bond acceptors (Lipinski definition) is 4. The molecule has 126 valence electrons. The van der Waals surface area contributed by atoms with Gasteiger partial charge in [-0.3, -0.25) is 9.59 Å². The van der Waals surface area contributed by atoms with Crippen molar-refractivity contribution in [2.45, 2.75) is 0 Å². The lowest BCUT2D eigenvalue weighted by atomic mass is 10.1. The van der Waals surface area contributed by atoms with E-state index in [-0.39, 0.29) is 18.3 Å². The highest BCUT2D eigenvalue weighted by Gasteiger charge is 2.07. The minimum absolute atomic E-state index is 0.0819. The van der Waals surface area contributed by atoms with Crippen molar-refractivity contribution >= 4 is 17.8 Å². The second kappa shape index (κ2) is 8.46. The van der Waals surface area contributed by atoms with E-state index in [9.17, 15) is 9.59 Å². The molecule has 0 unspecified atom stereocenters. The summed E-state index contributed by atoms with van der Waals surface area (Å²) in [7, 11) is 3.30. The van der Waals surface area contributed by atoms with Gasteiger partial charge in [0.15, 0.2) is 12.4 Å². The summed E-state index contributed by atoms with van der Waals surface area (Å²) in [6.07, 6.45) is 3.10. The van der Waals surface area contributed by atoms with Crippen molar-refractivity contribution in [3.63, 3.8) is 0 Å². The Hall–Kier alpha value is -3.39. The zero-order valence-electron chi connectivity index (χ0n) is 14.1. The first-order valence-corrected chi connectivity index (χ1v) is 7.65. The molecule has 5 heteroatoms. The van der Waals surface area contributed by atoms with Crippen LogP contribution in [0.15, 0.2) is 54.6 Å². The van der Waals surface area contributed by atoms with E-state index in [0.717, 1.165) is 5.56 Å². The molecule has 2 aromatic rings. The molecular formula is C20H18N2O3. The quantitative estimate of drug-likeness (QED) is 0.601. The number of carbonyl (C=O) groups excluding carboxylic acids is 2. The summed E-state index contributed by atoms with van der Waals surface area (Å²) < 4.78 is 5.41. The number of hydrogen-bond donors (Lipinski definition) is 0. The molecule has 0 fully saturated rings. The Labute approximate surface area is 146 Å². The van der Waals surface area contributed by atoms with Crippen molar-refractivity contribution in [2.24, 2.45) is 0 Å². The van der Waals surface area contributed by atoms with Crippen LogP contribution in [0.3, 0.4) is 0 Å². The lowest BCUT2D eigenvalue weighted by Gasteiger charge is -2.11. The number of amides is 1. The first-order valence-electron chi connectivity index (χ1n) is 7.65. The molecule has 1 amide bonds. The van der Waals surface area contributed by atoms with Crippen LogP contribution in [0.2, 0.25) is 0 Å². The van der Waals surface area contributed by atoms with Gasteiger partial charge in [0.05, 0.1) is 11.6 Å². The van der Waals surface area contributed by atoms with Crippen molar-refractivity contribution in [1.82, 2.24) is 4.90 Å². The first kappa shape index (κ1) is 18.0. The fraction of sp³-hybridized carbons (Fsp3) is 0.150. The summed E-state index contributed by atoms with van der Waals surface area (Å²) in [5.41, 5.74) is 1.77. The average molecular weight is 334 g/mol. The van der Waals surface area contributed by atoms with Crippen LogP contribution in [0, 0.1) is 11.3 Å². The summed E-state index contributed by atoms with van der Waals surface area (Å²) in [5, 5.41) is 8.89. The van der Waals surface area contributed by atoms with E-state index in [1.165, 1.54) is 11.0 Å². The van der Waals surface area contributed by atoms with Gasteiger partial charge >= 0.3 is 0 Å². The van der Waals surface area contributed by atoms with E-state index in [2.05, 4.69) is 6.07 Å². The molecule has 0 spiro atoms. The molecule has 0 radical (unpaired) electrons. The number of carbonyl (C=O) groups is 2. The average Bonchev–Trinajstić information content (AvgIpc) is 2.64. The van der Waals surface area contributed by atoms with Crippen LogP contribution in [-0.2, 0) is 4.79 Å². The van der Waals surface area contributed by atoms with Gasteiger partial charge in [0.25, 0.3) is 5.91 Å². The number of likely N-dealkylation sites (N-methyl/N-ethyl adjacent to an activating group) is 1. The molecule has 2 aromatic carbocycles.